The van der Waals surface area contributed by atoms with Gasteiger partial charge in [0.15, 0.2) is 0 Å². The maximum atomic E-state index is 12.8. The first kappa shape index (κ1) is 21.0. The van der Waals surface area contributed by atoms with Gasteiger partial charge >= 0.3 is 11.9 Å². The Labute approximate surface area is 170 Å². The third kappa shape index (κ3) is 5.19. The summed E-state index contributed by atoms with van der Waals surface area (Å²) in [5.74, 6) is 0.752. The van der Waals surface area contributed by atoms with E-state index in [4.69, 9.17) is 9.47 Å². The van der Waals surface area contributed by atoms with Crippen molar-refractivity contribution >= 4 is 11.4 Å². The number of hydrogen-bond acceptors (Lipinski definition) is 5. The second-order valence-corrected chi connectivity index (χ2v) is 6.27. The second-order valence-electron chi connectivity index (χ2n) is 6.27. The molecule has 0 aromatic heterocycles. The van der Waals surface area contributed by atoms with Gasteiger partial charge in [0, 0.05) is 18.3 Å². The van der Waals surface area contributed by atoms with Crippen LogP contribution in [0.3, 0.4) is 0 Å². The van der Waals surface area contributed by atoms with Crippen molar-refractivity contribution in [2.45, 2.75) is 12.7 Å². The highest BCUT2D eigenvalue weighted by atomic mass is 19.4. The van der Waals surface area contributed by atoms with E-state index >= 15 is 0 Å². The number of benzene rings is 3. The van der Waals surface area contributed by atoms with Gasteiger partial charge in [0.1, 0.15) is 11.5 Å². The Morgan fingerprint density at radius 3 is 2.17 bits per heavy atom. The molecule has 3 aromatic carbocycles. The third-order valence-corrected chi connectivity index (χ3v) is 4.22. The second kappa shape index (κ2) is 8.73. The van der Waals surface area contributed by atoms with Gasteiger partial charge in [-0.15, -0.1) is 0 Å². The molecule has 30 heavy (non-hydrogen) atoms. The molecule has 3 rings (SSSR count). The lowest BCUT2D eigenvalue weighted by Gasteiger charge is -2.11. The average molecular weight is 418 g/mol. The molecule has 0 saturated carbocycles. The van der Waals surface area contributed by atoms with Crippen molar-refractivity contribution in [1.82, 2.24) is 0 Å². The van der Waals surface area contributed by atoms with E-state index in [2.05, 4.69) is 5.32 Å². The van der Waals surface area contributed by atoms with Gasteiger partial charge in [-0.2, -0.15) is 13.2 Å². The zero-order valence-corrected chi connectivity index (χ0v) is 15.8. The smallest absolute Gasteiger partial charge is 0.416 e. The zero-order valence-electron chi connectivity index (χ0n) is 15.8. The lowest BCUT2D eigenvalue weighted by atomic mass is 10.1. The van der Waals surface area contributed by atoms with Crippen molar-refractivity contribution < 1.29 is 27.6 Å². The summed E-state index contributed by atoms with van der Waals surface area (Å²) < 4.78 is 48.9. The first-order chi connectivity index (χ1) is 14.3. The van der Waals surface area contributed by atoms with Crippen LogP contribution in [0.25, 0.3) is 0 Å². The zero-order chi connectivity index (χ0) is 21.7. The third-order valence-electron chi connectivity index (χ3n) is 4.22. The molecule has 0 bridgehead atoms. The van der Waals surface area contributed by atoms with Crippen LogP contribution < -0.4 is 14.8 Å². The Kier molecular flexibility index (Phi) is 6.10. The minimum Gasteiger partial charge on any atom is -0.497 e. The van der Waals surface area contributed by atoms with Crippen LogP contribution in [0.2, 0.25) is 0 Å². The molecule has 156 valence electrons. The summed E-state index contributed by atoms with van der Waals surface area (Å²) >= 11 is 0. The lowest BCUT2D eigenvalue weighted by Crippen LogP contribution is -2.06. The van der Waals surface area contributed by atoms with Crippen LogP contribution in [0.1, 0.15) is 11.1 Å². The molecule has 1 N–H and O–H groups in total. The molecule has 0 aliphatic rings. The number of halogens is 3. The van der Waals surface area contributed by atoms with Gasteiger partial charge in [0.25, 0.3) is 0 Å². The summed E-state index contributed by atoms with van der Waals surface area (Å²) in [7, 11) is 1.59. The van der Waals surface area contributed by atoms with Crippen molar-refractivity contribution in [1.29, 1.82) is 0 Å². The van der Waals surface area contributed by atoms with Gasteiger partial charge < -0.3 is 14.8 Å². The highest BCUT2D eigenvalue weighted by Gasteiger charge is 2.33. The fraction of sp³-hybridized carbons (Fsp3) is 0.143. The van der Waals surface area contributed by atoms with E-state index in [1.165, 1.54) is 0 Å². The van der Waals surface area contributed by atoms with Gasteiger partial charge in [-0.25, -0.2) is 0 Å². The minimum absolute atomic E-state index is 0.267. The monoisotopic (exact) mass is 418 g/mol. The summed E-state index contributed by atoms with van der Waals surface area (Å²) in [6.45, 7) is 0.521. The van der Waals surface area contributed by atoms with Crippen LogP contribution in [0.5, 0.6) is 17.2 Å². The van der Waals surface area contributed by atoms with E-state index in [1.54, 1.807) is 31.4 Å². The normalized spacial score (nSPS) is 11.1. The van der Waals surface area contributed by atoms with Crippen LogP contribution in [-0.4, -0.2) is 12.0 Å². The van der Waals surface area contributed by atoms with Crippen LogP contribution in [0.4, 0.5) is 24.5 Å². The first-order valence-electron chi connectivity index (χ1n) is 8.76. The number of anilines is 1. The van der Waals surface area contributed by atoms with Crippen molar-refractivity contribution in [2.75, 3.05) is 12.4 Å². The minimum atomic E-state index is -4.68. The molecule has 0 aliphatic heterocycles. The molecule has 0 fully saturated rings. The largest absolute Gasteiger partial charge is 0.497 e. The standard InChI is InChI=1S/C21H17F3N2O4/c1-29-17-9-5-16(6-10-17)25-13-14-2-7-18(8-3-14)30-20-11-4-15(21(22,23)24)12-19(20)26(27)28/h2-12,25H,13H2,1H3. The van der Waals surface area contributed by atoms with Gasteiger partial charge in [-0.1, -0.05) is 12.1 Å². The molecule has 0 spiro atoms. The van der Waals surface area contributed by atoms with Gasteiger partial charge in [0.05, 0.1) is 17.6 Å². The highest BCUT2D eigenvalue weighted by molar-refractivity contribution is 5.51. The average Bonchev–Trinajstić information content (AvgIpc) is 2.73. The van der Waals surface area contributed by atoms with E-state index in [0.717, 1.165) is 29.1 Å². The number of nitro benzene ring substituents is 1. The Hall–Kier alpha value is -3.75. The number of nitrogens with zero attached hydrogens (tertiary/aromatic N) is 1. The number of alkyl halides is 3. The molecule has 0 atom stereocenters. The maximum Gasteiger partial charge on any atom is 0.416 e. The fourth-order valence-corrected chi connectivity index (χ4v) is 2.64. The summed E-state index contributed by atoms with van der Waals surface area (Å²) in [6, 6.07) is 16.2. The van der Waals surface area contributed by atoms with Crippen LogP contribution in [0, 0.1) is 10.1 Å². The van der Waals surface area contributed by atoms with Crippen molar-refractivity contribution in [3.63, 3.8) is 0 Å². The Morgan fingerprint density at radius 1 is 0.967 bits per heavy atom. The van der Waals surface area contributed by atoms with Crippen LogP contribution in [0.15, 0.2) is 66.7 Å². The fourth-order valence-electron chi connectivity index (χ4n) is 2.64. The SMILES string of the molecule is COc1ccc(NCc2ccc(Oc3ccc(C(F)(F)F)cc3[N+](=O)[O-])cc2)cc1. The molecular weight excluding hydrogens is 401 g/mol. The summed E-state index contributed by atoms with van der Waals surface area (Å²) in [5.41, 5.74) is -0.0480. The molecule has 0 heterocycles. The topological polar surface area (TPSA) is 73.6 Å². The Bertz CT molecular complexity index is 1020. The Balaban J connectivity index is 1.68. The molecular formula is C21H17F3N2O4. The summed E-state index contributed by atoms with van der Waals surface area (Å²) in [5, 5.41) is 14.4. The number of nitrogens with one attached hydrogen (secondary N) is 1. The molecule has 0 radical (unpaired) electrons. The number of methoxy groups -OCH3 is 1. The number of hydrogen-bond donors (Lipinski definition) is 1. The molecule has 0 unspecified atom stereocenters. The predicted molar refractivity (Wildman–Crippen MR) is 105 cm³/mol. The first-order valence-corrected chi connectivity index (χ1v) is 8.76. The number of nitro groups is 1. The van der Waals surface area contributed by atoms with Gasteiger partial charge in [-0.3, -0.25) is 10.1 Å². The van der Waals surface area contributed by atoms with E-state index in [-0.39, 0.29) is 11.5 Å². The quantitative estimate of drug-likeness (QED) is 0.375. The van der Waals surface area contributed by atoms with Gasteiger partial charge in [0.2, 0.25) is 5.75 Å². The summed E-state index contributed by atoms with van der Waals surface area (Å²) in [6.07, 6.45) is -4.68. The van der Waals surface area contributed by atoms with Crippen molar-refractivity contribution in [2.24, 2.45) is 0 Å². The van der Waals surface area contributed by atoms with Crippen LogP contribution >= 0.6 is 0 Å². The van der Waals surface area contributed by atoms with Crippen molar-refractivity contribution in [3.8, 4) is 17.2 Å². The molecule has 3 aromatic rings. The molecule has 0 aliphatic carbocycles. The lowest BCUT2D eigenvalue weighted by molar-refractivity contribution is -0.385. The van der Waals surface area contributed by atoms with Crippen molar-refractivity contribution in [3.05, 3.63) is 88.0 Å². The highest BCUT2D eigenvalue weighted by Crippen LogP contribution is 2.37. The predicted octanol–water partition coefficient (Wildman–Crippen LogP) is 6.03. The Morgan fingerprint density at radius 2 is 1.60 bits per heavy atom. The van der Waals surface area contributed by atoms with E-state index in [0.29, 0.717) is 12.6 Å². The molecule has 9 heteroatoms. The number of rotatable bonds is 7. The molecule has 0 saturated heterocycles. The van der Waals surface area contributed by atoms with Gasteiger partial charge in [-0.05, 0) is 54.1 Å². The maximum absolute atomic E-state index is 12.8. The molecule has 6 nitrogen and oxygen atoms in total. The van der Waals surface area contributed by atoms with Crippen LogP contribution in [-0.2, 0) is 12.7 Å². The number of ether oxygens (including phenoxy) is 2. The summed E-state index contributed by atoms with van der Waals surface area (Å²) in [4.78, 5) is 10.2. The van der Waals surface area contributed by atoms with E-state index < -0.39 is 22.4 Å². The van der Waals surface area contributed by atoms with E-state index in [1.807, 2.05) is 24.3 Å². The molecule has 0 amide bonds. The van der Waals surface area contributed by atoms with E-state index in [9.17, 15) is 23.3 Å².